The van der Waals surface area contributed by atoms with Crippen molar-refractivity contribution in [2.24, 2.45) is 5.92 Å². The van der Waals surface area contributed by atoms with Crippen molar-refractivity contribution in [1.29, 1.82) is 0 Å². The lowest BCUT2D eigenvalue weighted by Gasteiger charge is -2.22. The maximum atomic E-state index is 11.8. The molecule has 1 atom stereocenters. The molecule has 3 nitrogen and oxygen atoms in total. The molecule has 0 aromatic carbocycles. The first-order valence-corrected chi connectivity index (χ1v) is 5.70. The Morgan fingerprint density at radius 3 is 2.71 bits per heavy atom. The molecule has 2 rings (SSSR count). The fourth-order valence-electron chi connectivity index (χ4n) is 2.34. The molecule has 0 amide bonds. The Labute approximate surface area is 85.2 Å². The van der Waals surface area contributed by atoms with E-state index in [4.69, 9.17) is 4.74 Å². The summed E-state index contributed by atoms with van der Waals surface area (Å²) in [4.78, 5) is 11.8. The Balaban J connectivity index is 1.75. The van der Waals surface area contributed by atoms with E-state index in [0.29, 0.717) is 11.7 Å². The van der Waals surface area contributed by atoms with Gasteiger partial charge in [0.1, 0.15) is 5.78 Å². The van der Waals surface area contributed by atoms with Gasteiger partial charge in [0.25, 0.3) is 0 Å². The Morgan fingerprint density at radius 2 is 2.07 bits per heavy atom. The van der Waals surface area contributed by atoms with E-state index in [2.05, 4.69) is 5.32 Å². The highest BCUT2D eigenvalue weighted by molar-refractivity contribution is 5.84. The summed E-state index contributed by atoms with van der Waals surface area (Å²) in [6.07, 6.45) is 5.10. The number of hydrogen-bond acceptors (Lipinski definition) is 3. The first kappa shape index (κ1) is 10.1. The van der Waals surface area contributed by atoms with Gasteiger partial charge in [-0.25, -0.2) is 0 Å². The molecule has 0 aromatic rings. The van der Waals surface area contributed by atoms with E-state index in [0.717, 1.165) is 51.9 Å². The number of ketones is 1. The lowest BCUT2D eigenvalue weighted by atomic mass is 9.92. The molecule has 0 aromatic heterocycles. The smallest absolute Gasteiger partial charge is 0.150 e. The van der Waals surface area contributed by atoms with E-state index in [9.17, 15) is 4.79 Å². The van der Waals surface area contributed by atoms with Gasteiger partial charge in [0.05, 0.1) is 6.04 Å². The Kier molecular flexibility index (Phi) is 3.54. The Bertz CT molecular complexity index is 193. The molecule has 2 fully saturated rings. The van der Waals surface area contributed by atoms with Crippen LogP contribution in [0.4, 0.5) is 0 Å². The van der Waals surface area contributed by atoms with Crippen molar-refractivity contribution in [2.45, 2.75) is 38.1 Å². The van der Waals surface area contributed by atoms with Crippen LogP contribution in [-0.2, 0) is 9.53 Å². The van der Waals surface area contributed by atoms with E-state index >= 15 is 0 Å². The van der Waals surface area contributed by atoms with Crippen molar-refractivity contribution in [3.8, 4) is 0 Å². The zero-order chi connectivity index (χ0) is 9.80. The van der Waals surface area contributed by atoms with E-state index in [1.807, 2.05) is 0 Å². The summed E-state index contributed by atoms with van der Waals surface area (Å²) in [5.41, 5.74) is 0. The summed E-state index contributed by atoms with van der Waals surface area (Å²) in [7, 11) is 0. The predicted molar refractivity (Wildman–Crippen MR) is 54.2 cm³/mol. The van der Waals surface area contributed by atoms with Crippen LogP contribution in [0.15, 0.2) is 0 Å². The van der Waals surface area contributed by atoms with Crippen LogP contribution in [0.2, 0.25) is 0 Å². The standard InChI is InChI=1S/C11H19NO2/c13-11(10-2-1-5-12-10)8-9-3-6-14-7-4-9/h9-10,12H,1-8H2. The van der Waals surface area contributed by atoms with Gasteiger partial charge in [0, 0.05) is 19.6 Å². The molecular weight excluding hydrogens is 178 g/mol. The zero-order valence-electron chi connectivity index (χ0n) is 8.63. The molecular formula is C11H19NO2. The lowest BCUT2D eigenvalue weighted by molar-refractivity contribution is -0.122. The molecule has 2 saturated heterocycles. The highest BCUT2D eigenvalue weighted by Crippen LogP contribution is 2.20. The quantitative estimate of drug-likeness (QED) is 0.737. The predicted octanol–water partition coefficient (Wildman–Crippen LogP) is 1.12. The van der Waals surface area contributed by atoms with E-state index < -0.39 is 0 Å². The third kappa shape index (κ3) is 2.55. The molecule has 2 aliphatic heterocycles. The first-order chi connectivity index (χ1) is 6.86. The molecule has 2 heterocycles. The Hall–Kier alpha value is -0.410. The van der Waals surface area contributed by atoms with Crippen molar-refractivity contribution in [2.75, 3.05) is 19.8 Å². The van der Waals surface area contributed by atoms with Gasteiger partial charge in [-0.15, -0.1) is 0 Å². The number of carbonyl (C=O) groups is 1. The van der Waals surface area contributed by atoms with Gasteiger partial charge < -0.3 is 10.1 Å². The second kappa shape index (κ2) is 4.89. The van der Waals surface area contributed by atoms with Gasteiger partial charge in [-0.1, -0.05) is 0 Å². The average Bonchev–Trinajstić information content (AvgIpc) is 2.72. The number of rotatable bonds is 3. The van der Waals surface area contributed by atoms with Crippen LogP contribution in [0, 0.1) is 5.92 Å². The number of carbonyl (C=O) groups excluding carboxylic acids is 1. The summed E-state index contributed by atoms with van der Waals surface area (Å²) in [5.74, 6) is 1.01. The minimum atomic E-state index is 0.165. The van der Waals surface area contributed by atoms with Gasteiger partial charge >= 0.3 is 0 Å². The number of ether oxygens (including phenoxy) is 1. The topological polar surface area (TPSA) is 38.3 Å². The van der Waals surface area contributed by atoms with E-state index in [1.54, 1.807) is 0 Å². The second-order valence-corrected chi connectivity index (χ2v) is 4.38. The zero-order valence-corrected chi connectivity index (χ0v) is 8.63. The van der Waals surface area contributed by atoms with Crippen molar-refractivity contribution in [3.05, 3.63) is 0 Å². The summed E-state index contributed by atoms with van der Waals surface area (Å²) in [6.45, 7) is 2.70. The largest absolute Gasteiger partial charge is 0.381 e. The summed E-state index contributed by atoms with van der Waals surface area (Å²) in [5, 5.41) is 3.27. The third-order valence-electron chi connectivity index (χ3n) is 3.28. The van der Waals surface area contributed by atoms with Gasteiger partial charge in [-0.2, -0.15) is 0 Å². The van der Waals surface area contributed by atoms with Gasteiger partial charge in [-0.3, -0.25) is 4.79 Å². The van der Waals surface area contributed by atoms with Crippen LogP contribution >= 0.6 is 0 Å². The van der Waals surface area contributed by atoms with Crippen molar-refractivity contribution >= 4 is 5.78 Å². The van der Waals surface area contributed by atoms with E-state index in [-0.39, 0.29) is 6.04 Å². The first-order valence-electron chi connectivity index (χ1n) is 5.70. The second-order valence-electron chi connectivity index (χ2n) is 4.38. The molecule has 1 unspecified atom stereocenters. The van der Waals surface area contributed by atoms with Crippen molar-refractivity contribution in [1.82, 2.24) is 5.32 Å². The summed E-state index contributed by atoms with van der Waals surface area (Å²) < 4.78 is 5.28. The normalized spacial score (nSPS) is 29.3. The maximum Gasteiger partial charge on any atom is 0.150 e. The molecule has 14 heavy (non-hydrogen) atoms. The van der Waals surface area contributed by atoms with Crippen molar-refractivity contribution in [3.63, 3.8) is 0 Å². The Morgan fingerprint density at radius 1 is 1.29 bits per heavy atom. The SMILES string of the molecule is O=C(CC1CCOCC1)C1CCCN1. The average molecular weight is 197 g/mol. The number of hydrogen-bond donors (Lipinski definition) is 1. The molecule has 3 heteroatoms. The molecule has 80 valence electrons. The van der Waals surface area contributed by atoms with Crippen LogP contribution in [0.25, 0.3) is 0 Å². The monoisotopic (exact) mass is 197 g/mol. The van der Waals surface area contributed by atoms with Gasteiger partial charge in [0.15, 0.2) is 0 Å². The fraction of sp³-hybridized carbons (Fsp3) is 0.909. The highest BCUT2D eigenvalue weighted by atomic mass is 16.5. The molecule has 0 aliphatic carbocycles. The highest BCUT2D eigenvalue weighted by Gasteiger charge is 2.25. The number of Topliss-reactive ketones (excluding diaryl/α,β-unsaturated/α-hetero) is 1. The van der Waals surface area contributed by atoms with Gasteiger partial charge in [-0.05, 0) is 38.1 Å². The lowest BCUT2D eigenvalue weighted by Crippen LogP contribution is -2.33. The maximum absolute atomic E-state index is 11.8. The van der Waals surface area contributed by atoms with Crippen LogP contribution in [0.1, 0.15) is 32.1 Å². The molecule has 1 N–H and O–H groups in total. The number of nitrogens with one attached hydrogen (secondary N) is 1. The van der Waals surface area contributed by atoms with Crippen molar-refractivity contribution < 1.29 is 9.53 Å². The van der Waals surface area contributed by atoms with E-state index in [1.165, 1.54) is 0 Å². The minimum Gasteiger partial charge on any atom is -0.381 e. The van der Waals surface area contributed by atoms with Crippen LogP contribution < -0.4 is 5.32 Å². The van der Waals surface area contributed by atoms with Crippen LogP contribution in [0.3, 0.4) is 0 Å². The van der Waals surface area contributed by atoms with Crippen LogP contribution in [0.5, 0.6) is 0 Å². The third-order valence-corrected chi connectivity index (χ3v) is 3.28. The minimum absolute atomic E-state index is 0.165. The molecule has 0 radical (unpaired) electrons. The summed E-state index contributed by atoms with van der Waals surface area (Å²) >= 11 is 0. The van der Waals surface area contributed by atoms with Gasteiger partial charge in [0.2, 0.25) is 0 Å². The molecule has 0 spiro atoms. The molecule has 0 saturated carbocycles. The molecule has 0 bridgehead atoms. The van der Waals surface area contributed by atoms with Crippen LogP contribution in [-0.4, -0.2) is 31.6 Å². The summed E-state index contributed by atoms with van der Waals surface area (Å²) in [6, 6.07) is 0.165. The molecule has 2 aliphatic rings. The fourth-order valence-corrected chi connectivity index (χ4v) is 2.34.